The standard InChI is InChI=1S/C21H26N4O2/c1-15-7-8-18(27-15)17-6-4-5-16(13-17)14-25-11-9-21(10-12-25)19(26)22-20(23-21)24(2)3/h4-8,13H,9-12,14H2,1-3H3,(H,22,23,26). The van der Waals surface area contributed by atoms with Crippen LogP contribution < -0.4 is 5.32 Å². The number of piperidine rings is 1. The van der Waals surface area contributed by atoms with Crippen molar-refractivity contribution in [2.24, 2.45) is 4.99 Å². The number of rotatable bonds is 3. The molecule has 2 aromatic rings. The molecule has 4 rings (SSSR count). The van der Waals surface area contributed by atoms with Crippen LogP contribution >= 0.6 is 0 Å². The van der Waals surface area contributed by atoms with E-state index in [2.05, 4.69) is 34.5 Å². The SMILES string of the molecule is Cc1ccc(-c2cccc(CN3CCC4(CC3)N=C(N(C)C)NC4=O)c2)o1. The molecule has 3 heterocycles. The monoisotopic (exact) mass is 366 g/mol. The summed E-state index contributed by atoms with van der Waals surface area (Å²) in [6.45, 7) is 4.55. The van der Waals surface area contributed by atoms with E-state index in [4.69, 9.17) is 9.41 Å². The molecule has 0 saturated carbocycles. The number of amides is 1. The molecule has 0 radical (unpaired) electrons. The van der Waals surface area contributed by atoms with Crippen molar-refractivity contribution >= 4 is 11.9 Å². The van der Waals surface area contributed by atoms with Crippen molar-refractivity contribution in [1.82, 2.24) is 15.1 Å². The van der Waals surface area contributed by atoms with Gasteiger partial charge in [-0.3, -0.25) is 15.0 Å². The third kappa shape index (κ3) is 3.49. The molecule has 1 aromatic carbocycles. The largest absolute Gasteiger partial charge is 0.461 e. The molecule has 0 unspecified atom stereocenters. The highest BCUT2D eigenvalue weighted by Crippen LogP contribution is 2.31. The minimum Gasteiger partial charge on any atom is -0.461 e. The van der Waals surface area contributed by atoms with E-state index in [0.29, 0.717) is 5.96 Å². The summed E-state index contributed by atoms with van der Waals surface area (Å²) in [5.41, 5.74) is 1.78. The Morgan fingerprint density at radius 3 is 2.63 bits per heavy atom. The molecule has 1 N–H and O–H groups in total. The number of furan rings is 1. The van der Waals surface area contributed by atoms with Crippen molar-refractivity contribution in [3.05, 3.63) is 47.7 Å². The summed E-state index contributed by atoms with van der Waals surface area (Å²) >= 11 is 0. The minimum absolute atomic E-state index is 0.0426. The van der Waals surface area contributed by atoms with Gasteiger partial charge in [0.1, 0.15) is 17.1 Å². The average molecular weight is 366 g/mol. The first-order chi connectivity index (χ1) is 12.9. The molecule has 0 bridgehead atoms. The average Bonchev–Trinajstić information content (AvgIpc) is 3.22. The van der Waals surface area contributed by atoms with Crippen LogP contribution in [0.15, 0.2) is 45.8 Å². The molecule has 6 nitrogen and oxygen atoms in total. The number of nitrogens with one attached hydrogen (secondary N) is 1. The molecule has 1 spiro atoms. The molecule has 2 aliphatic heterocycles. The van der Waals surface area contributed by atoms with Crippen LogP contribution in [0, 0.1) is 6.92 Å². The third-order valence-electron chi connectivity index (χ3n) is 5.43. The van der Waals surface area contributed by atoms with Crippen LogP contribution in [0.3, 0.4) is 0 Å². The lowest BCUT2D eigenvalue weighted by atomic mass is 9.88. The van der Waals surface area contributed by atoms with Gasteiger partial charge < -0.3 is 9.32 Å². The van der Waals surface area contributed by atoms with Gasteiger partial charge in [0, 0.05) is 39.3 Å². The maximum Gasteiger partial charge on any atom is 0.254 e. The lowest BCUT2D eigenvalue weighted by Gasteiger charge is -2.35. The number of carbonyl (C=O) groups excluding carboxylic acids is 1. The fourth-order valence-corrected chi connectivity index (χ4v) is 3.80. The van der Waals surface area contributed by atoms with E-state index in [1.807, 2.05) is 38.1 Å². The van der Waals surface area contributed by atoms with Gasteiger partial charge in [0.05, 0.1) is 0 Å². The minimum atomic E-state index is -0.580. The number of hydrogen-bond acceptors (Lipinski definition) is 5. The van der Waals surface area contributed by atoms with E-state index in [-0.39, 0.29) is 5.91 Å². The summed E-state index contributed by atoms with van der Waals surface area (Å²) in [4.78, 5) is 21.4. The van der Waals surface area contributed by atoms with Gasteiger partial charge in [-0.15, -0.1) is 0 Å². The molecule has 0 aliphatic carbocycles. The zero-order valence-corrected chi connectivity index (χ0v) is 16.2. The fourth-order valence-electron chi connectivity index (χ4n) is 3.80. The third-order valence-corrected chi connectivity index (χ3v) is 5.43. The van der Waals surface area contributed by atoms with Crippen molar-refractivity contribution in [2.45, 2.75) is 31.8 Å². The molecule has 142 valence electrons. The van der Waals surface area contributed by atoms with E-state index < -0.39 is 5.54 Å². The topological polar surface area (TPSA) is 61.1 Å². The molecule has 1 saturated heterocycles. The zero-order chi connectivity index (χ0) is 19.0. The number of benzene rings is 1. The lowest BCUT2D eigenvalue weighted by molar-refractivity contribution is -0.125. The molecule has 0 atom stereocenters. The highest BCUT2D eigenvalue weighted by molar-refractivity contribution is 6.07. The van der Waals surface area contributed by atoms with Crippen LogP contribution in [0.25, 0.3) is 11.3 Å². The molecule has 1 amide bonds. The maximum absolute atomic E-state index is 12.5. The Labute approximate surface area is 159 Å². The zero-order valence-electron chi connectivity index (χ0n) is 16.2. The number of aryl methyl sites for hydroxylation is 1. The van der Waals surface area contributed by atoms with Crippen molar-refractivity contribution < 1.29 is 9.21 Å². The van der Waals surface area contributed by atoms with Gasteiger partial charge in [0.2, 0.25) is 5.96 Å². The van der Waals surface area contributed by atoms with Gasteiger partial charge in [-0.25, -0.2) is 4.99 Å². The number of guanidine groups is 1. The molecule has 27 heavy (non-hydrogen) atoms. The number of carbonyl (C=O) groups is 1. The number of aliphatic imine (C=N–C) groups is 1. The molecule has 1 aromatic heterocycles. The Hall–Kier alpha value is -2.60. The second-order valence-corrected chi connectivity index (χ2v) is 7.70. The molecule has 2 aliphatic rings. The smallest absolute Gasteiger partial charge is 0.254 e. The number of likely N-dealkylation sites (tertiary alicyclic amines) is 1. The van der Waals surface area contributed by atoms with Gasteiger partial charge in [-0.05, 0) is 43.5 Å². The maximum atomic E-state index is 12.5. The Morgan fingerprint density at radius 2 is 2.00 bits per heavy atom. The van der Waals surface area contributed by atoms with Gasteiger partial charge in [-0.2, -0.15) is 0 Å². The highest BCUT2D eigenvalue weighted by atomic mass is 16.3. The summed E-state index contributed by atoms with van der Waals surface area (Å²) in [5.74, 6) is 2.54. The van der Waals surface area contributed by atoms with Crippen LogP contribution in [0.4, 0.5) is 0 Å². The van der Waals surface area contributed by atoms with Gasteiger partial charge in [0.15, 0.2) is 0 Å². The molecular weight excluding hydrogens is 340 g/mol. The summed E-state index contributed by atoms with van der Waals surface area (Å²) in [6.07, 6.45) is 1.51. The van der Waals surface area contributed by atoms with Crippen LogP contribution in [0.2, 0.25) is 0 Å². The quantitative estimate of drug-likeness (QED) is 0.907. The first-order valence-corrected chi connectivity index (χ1v) is 9.42. The lowest BCUT2D eigenvalue weighted by Crippen LogP contribution is -2.49. The predicted molar refractivity (Wildman–Crippen MR) is 105 cm³/mol. The van der Waals surface area contributed by atoms with Crippen LogP contribution in [-0.2, 0) is 11.3 Å². The van der Waals surface area contributed by atoms with E-state index >= 15 is 0 Å². The second-order valence-electron chi connectivity index (χ2n) is 7.70. The van der Waals surface area contributed by atoms with E-state index in [0.717, 1.165) is 49.6 Å². The van der Waals surface area contributed by atoms with Crippen molar-refractivity contribution in [2.75, 3.05) is 27.2 Å². The van der Waals surface area contributed by atoms with Gasteiger partial charge in [-0.1, -0.05) is 18.2 Å². The summed E-state index contributed by atoms with van der Waals surface area (Å²) in [7, 11) is 3.81. The predicted octanol–water partition coefficient (Wildman–Crippen LogP) is 2.64. The highest BCUT2D eigenvalue weighted by Gasteiger charge is 2.46. The Bertz CT molecular complexity index is 876. The van der Waals surface area contributed by atoms with Crippen LogP contribution in [0.5, 0.6) is 0 Å². The second kappa shape index (κ2) is 6.85. The van der Waals surface area contributed by atoms with Crippen molar-refractivity contribution in [3.63, 3.8) is 0 Å². The van der Waals surface area contributed by atoms with E-state index in [9.17, 15) is 4.79 Å². The first-order valence-electron chi connectivity index (χ1n) is 9.42. The van der Waals surface area contributed by atoms with Crippen LogP contribution in [-0.4, -0.2) is 54.4 Å². The molecule has 1 fully saturated rings. The van der Waals surface area contributed by atoms with Crippen LogP contribution in [0.1, 0.15) is 24.2 Å². The Kier molecular flexibility index (Phi) is 4.52. The number of hydrogen-bond donors (Lipinski definition) is 1. The molecule has 6 heteroatoms. The summed E-state index contributed by atoms with van der Waals surface area (Å²) in [6, 6.07) is 12.5. The number of nitrogens with zero attached hydrogens (tertiary/aromatic N) is 3. The Morgan fingerprint density at radius 1 is 1.22 bits per heavy atom. The van der Waals surface area contributed by atoms with E-state index in [1.54, 1.807) is 0 Å². The van der Waals surface area contributed by atoms with Crippen molar-refractivity contribution in [3.8, 4) is 11.3 Å². The Balaban J connectivity index is 1.42. The molecular formula is C21H26N4O2. The first kappa shape index (κ1) is 17.8. The van der Waals surface area contributed by atoms with Gasteiger partial charge in [0.25, 0.3) is 5.91 Å². The van der Waals surface area contributed by atoms with Crippen molar-refractivity contribution in [1.29, 1.82) is 0 Å². The summed E-state index contributed by atoms with van der Waals surface area (Å²) in [5, 5.41) is 2.91. The summed E-state index contributed by atoms with van der Waals surface area (Å²) < 4.78 is 5.74. The fraction of sp³-hybridized carbons (Fsp3) is 0.429. The van der Waals surface area contributed by atoms with Gasteiger partial charge >= 0.3 is 0 Å². The van der Waals surface area contributed by atoms with E-state index in [1.165, 1.54) is 5.56 Å². The normalized spacial score (nSPS) is 19.2.